The zero-order chi connectivity index (χ0) is 5.98. The van der Waals surface area contributed by atoms with Crippen molar-refractivity contribution >= 4 is 0 Å². The van der Waals surface area contributed by atoms with Gasteiger partial charge in [0.05, 0.1) is 0 Å². The van der Waals surface area contributed by atoms with Crippen LogP contribution in [0.2, 0.25) is 0 Å². The summed E-state index contributed by atoms with van der Waals surface area (Å²) in [5.41, 5.74) is 0. The molecule has 0 aromatic heterocycles. The molecule has 0 spiro atoms. The minimum atomic E-state index is 1.04. The van der Waals surface area contributed by atoms with Gasteiger partial charge in [0.15, 0.2) is 0 Å². The fraction of sp³-hybridized carbons (Fsp3) is 0.875. The lowest BCUT2D eigenvalue weighted by Crippen LogP contribution is -1.75. The first kappa shape index (κ1) is 6.12. The lowest BCUT2D eigenvalue weighted by Gasteiger charge is -1.89. The van der Waals surface area contributed by atoms with Gasteiger partial charge in [-0.3, -0.25) is 0 Å². The molecule has 0 heteroatoms. The number of hydrogen-bond acceptors (Lipinski definition) is 0. The average molecular weight is 111 g/mol. The SMILES string of the molecule is CCC[C]1CC1CC. The highest BCUT2D eigenvalue weighted by Crippen LogP contribution is 2.46. The van der Waals surface area contributed by atoms with E-state index in [0.717, 1.165) is 5.92 Å². The van der Waals surface area contributed by atoms with Crippen LogP contribution in [0.4, 0.5) is 0 Å². The minimum Gasteiger partial charge on any atom is -0.0654 e. The first-order chi connectivity index (χ1) is 3.88. The lowest BCUT2D eigenvalue weighted by atomic mass is 10.2. The zero-order valence-corrected chi connectivity index (χ0v) is 5.91. The van der Waals surface area contributed by atoms with Gasteiger partial charge in [-0.15, -0.1) is 0 Å². The molecule has 0 amide bonds. The molecule has 0 nitrogen and oxygen atoms in total. The van der Waals surface area contributed by atoms with Crippen LogP contribution in [0.3, 0.4) is 0 Å². The summed E-state index contributed by atoms with van der Waals surface area (Å²) in [4.78, 5) is 0. The van der Waals surface area contributed by atoms with Crippen molar-refractivity contribution in [1.29, 1.82) is 0 Å². The molecule has 0 aliphatic heterocycles. The third kappa shape index (κ3) is 1.24. The van der Waals surface area contributed by atoms with Crippen molar-refractivity contribution in [2.75, 3.05) is 0 Å². The largest absolute Gasteiger partial charge is 0.0654 e. The molecule has 0 N–H and O–H groups in total. The van der Waals surface area contributed by atoms with E-state index in [4.69, 9.17) is 0 Å². The zero-order valence-electron chi connectivity index (χ0n) is 5.91. The Labute approximate surface area is 52.3 Å². The first-order valence-corrected chi connectivity index (χ1v) is 3.73. The van der Waals surface area contributed by atoms with Crippen molar-refractivity contribution in [2.24, 2.45) is 5.92 Å². The second kappa shape index (κ2) is 2.52. The fourth-order valence-corrected chi connectivity index (χ4v) is 1.32. The van der Waals surface area contributed by atoms with Crippen molar-refractivity contribution in [3.05, 3.63) is 5.92 Å². The van der Waals surface area contributed by atoms with E-state index in [-0.39, 0.29) is 0 Å². The van der Waals surface area contributed by atoms with Gasteiger partial charge in [0, 0.05) is 0 Å². The van der Waals surface area contributed by atoms with Gasteiger partial charge in [-0.25, -0.2) is 0 Å². The van der Waals surface area contributed by atoms with Crippen LogP contribution in [0, 0.1) is 11.8 Å². The van der Waals surface area contributed by atoms with Crippen LogP contribution in [0.25, 0.3) is 0 Å². The van der Waals surface area contributed by atoms with Crippen molar-refractivity contribution in [1.82, 2.24) is 0 Å². The summed E-state index contributed by atoms with van der Waals surface area (Å²) in [5.74, 6) is 2.87. The van der Waals surface area contributed by atoms with E-state index >= 15 is 0 Å². The fourth-order valence-electron chi connectivity index (χ4n) is 1.32. The average Bonchev–Trinajstić information content (AvgIpc) is 2.48. The maximum Gasteiger partial charge on any atom is -0.0207 e. The van der Waals surface area contributed by atoms with Crippen LogP contribution in [0.1, 0.15) is 39.5 Å². The summed E-state index contributed by atoms with van der Waals surface area (Å²) in [7, 11) is 0. The molecule has 1 rings (SSSR count). The van der Waals surface area contributed by atoms with E-state index in [1.165, 1.54) is 25.7 Å². The van der Waals surface area contributed by atoms with Gasteiger partial charge in [0.2, 0.25) is 0 Å². The van der Waals surface area contributed by atoms with Crippen molar-refractivity contribution in [2.45, 2.75) is 39.5 Å². The number of hydrogen-bond donors (Lipinski definition) is 0. The molecule has 1 atom stereocenters. The Morgan fingerprint density at radius 1 is 1.50 bits per heavy atom. The van der Waals surface area contributed by atoms with Crippen LogP contribution < -0.4 is 0 Å². The molecule has 47 valence electrons. The number of rotatable bonds is 3. The summed E-state index contributed by atoms with van der Waals surface area (Å²) in [5, 5.41) is 0. The molecule has 0 bridgehead atoms. The Morgan fingerprint density at radius 2 is 2.25 bits per heavy atom. The Kier molecular flexibility index (Phi) is 1.93. The summed E-state index contributed by atoms with van der Waals surface area (Å²) < 4.78 is 0. The predicted molar refractivity (Wildman–Crippen MR) is 36.5 cm³/mol. The van der Waals surface area contributed by atoms with Crippen LogP contribution in [-0.2, 0) is 0 Å². The van der Waals surface area contributed by atoms with Gasteiger partial charge >= 0.3 is 0 Å². The van der Waals surface area contributed by atoms with E-state index in [2.05, 4.69) is 13.8 Å². The normalized spacial score (nSPS) is 28.5. The Hall–Kier alpha value is 0. The molecule has 1 fully saturated rings. The van der Waals surface area contributed by atoms with E-state index in [9.17, 15) is 0 Å². The maximum atomic E-state index is 2.29. The third-order valence-electron chi connectivity index (χ3n) is 1.99. The molecule has 8 heavy (non-hydrogen) atoms. The van der Waals surface area contributed by atoms with Crippen LogP contribution in [0.5, 0.6) is 0 Å². The Bertz CT molecular complexity index is 66.4. The lowest BCUT2D eigenvalue weighted by molar-refractivity contribution is 0.765. The molecule has 0 saturated heterocycles. The van der Waals surface area contributed by atoms with E-state index in [1.807, 2.05) is 5.92 Å². The highest BCUT2D eigenvalue weighted by atomic mass is 14.4. The Morgan fingerprint density at radius 3 is 2.62 bits per heavy atom. The van der Waals surface area contributed by atoms with Gasteiger partial charge in [0.1, 0.15) is 0 Å². The highest BCUT2D eigenvalue weighted by Gasteiger charge is 2.34. The molecular weight excluding hydrogens is 96.1 g/mol. The predicted octanol–water partition coefficient (Wildman–Crippen LogP) is 2.79. The summed E-state index contributed by atoms with van der Waals surface area (Å²) in [6, 6.07) is 0. The minimum absolute atomic E-state index is 1.04. The van der Waals surface area contributed by atoms with E-state index < -0.39 is 0 Å². The smallest absolute Gasteiger partial charge is 0.0207 e. The molecule has 1 saturated carbocycles. The van der Waals surface area contributed by atoms with Crippen LogP contribution in [0.15, 0.2) is 0 Å². The first-order valence-electron chi connectivity index (χ1n) is 3.73. The third-order valence-corrected chi connectivity index (χ3v) is 1.99. The van der Waals surface area contributed by atoms with Gasteiger partial charge in [-0.1, -0.05) is 26.7 Å². The second-order valence-electron chi connectivity index (χ2n) is 2.72. The molecule has 0 heterocycles. The van der Waals surface area contributed by atoms with Crippen molar-refractivity contribution in [3.8, 4) is 0 Å². The summed E-state index contributed by atoms with van der Waals surface area (Å²) in [6.07, 6.45) is 5.59. The van der Waals surface area contributed by atoms with Gasteiger partial charge < -0.3 is 0 Å². The van der Waals surface area contributed by atoms with E-state index in [0.29, 0.717) is 0 Å². The van der Waals surface area contributed by atoms with Crippen molar-refractivity contribution in [3.63, 3.8) is 0 Å². The van der Waals surface area contributed by atoms with Crippen LogP contribution >= 0.6 is 0 Å². The quantitative estimate of drug-likeness (QED) is 0.525. The van der Waals surface area contributed by atoms with Crippen LogP contribution in [-0.4, -0.2) is 0 Å². The molecule has 1 radical (unpaired) electrons. The topological polar surface area (TPSA) is 0 Å². The summed E-state index contributed by atoms with van der Waals surface area (Å²) >= 11 is 0. The maximum absolute atomic E-state index is 2.29. The summed E-state index contributed by atoms with van der Waals surface area (Å²) in [6.45, 7) is 4.55. The monoisotopic (exact) mass is 111 g/mol. The standard InChI is InChI=1S/C8H15/c1-3-5-8-6-7(8)4-2/h7H,3-6H2,1-2H3. The second-order valence-corrected chi connectivity index (χ2v) is 2.72. The van der Waals surface area contributed by atoms with Gasteiger partial charge in [-0.2, -0.15) is 0 Å². The van der Waals surface area contributed by atoms with Gasteiger partial charge in [-0.05, 0) is 24.7 Å². The van der Waals surface area contributed by atoms with Gasteiger partial charge in [0.25, 0.3) is 0 Å². The molecule has 0 aromatic carbocycles. The van der Waals surface area contributed by atoms with Crippen molar-refractivity contribution < 1.29 is 0 Å². The molecule has 1 aliphatic rings. The molecular formula is C8H15. The molecule has 1 unspecified atom stereocenters. The molecule has 0 aromatic rings. The van der Waals surface area contributed by atoms with E-state index in [1.54, 1.807) is 0 Å². The Balaban J connectivity index is 1.99. The molecule has 1 aliphatic carbocycles. The highest BCUT2D eigenvalue weighted by molar-refractivity contribution is 5.12.